The van der Waals surface area contributed by atoms with E-state index >= 15 is 0 Å². The molecule has 24 heavy (non-hydrogen) atoms. The number of ether oxygens (including phenoxy) is 3. The van der Waals surface area contributed by atoms with Gasteiger partial charge < -0.3 is 14.2 Å². The smallest absolute Gasteiger partial charge is 0.465 e. The van der Waals surface area contributed by atoms with E-state index in [2.05, 4.69) is 20.8 Å². The molecule has 0 aliphatic carbocycles. The number of unbranched alkanes of at least 4 members (excludes halogenated alkanes) is 1. The number of rotatable bonds is 12. The molecule has 0 amide bonds. The minimum absolute atomic E-state index is 0.254. The Morgan fingerprint density at radius 1 is 0.958 bits per heavy atom. The van der Waals surface area contributed by atoms with E-state index in [1.807, 2.05) is 6.92 Å². The largest absolute Gasteiger partial charge is 0.508 e. The Morgan fingerprint density at radius 2 is 1.58 bits per heavy atom. The van der Waals surface area contributed by atoms with Crippen LogP contribution in [0.4, 0.5) is 4.79 Å². The summed E-state index contributed by atoms with van der Waals surface area (Å²) >= 11 is 0. The van der Waals surface area contributed by atoms with Gasteiger partial charge in [0.1, 0.15) is 11.5 Å². The average molecular weight is 344 g/mol. The van der Waals surface area contributed by atoms with Gasteiger partial charge >= 0.3 is 12.1 Å². The van der Waals surface area contributed by atoms with Crippen LogP contribution in [0.5, 0.6) is 0 Å². The second-order valence-electron chi connectivity index (χ2n) is 6.66. The Morgan fingerprint density at radius 3 is 2.04 bits per heavy atom. The number of carbonyl (C=O) groups is 2. The molecule has 5 nitrogen and oxygen atoms in total. The summed E-state index contributed by atoms with van der Waals surface area (Å²) in [4.78, 5) is 24.8. The van der Waals surface area contributed by atoms with Gasteiger partial charge in [0.2, 0.25) is 0 Å². The normalized spacial score (nSPS) is 14.8. The van der Waals surface area contributed by atoms with Crippen LogP contribution < -0.4 is 0 Å². The monoisotopic (exact) mass is 344 g/mol. The van der Waals surface area contributed by atoms with Gasteiger partial charge in [-0.3, -0.25) is 4.79 Å². The van der Waals surface area contributed by atoms with E-state index in [-0.39, 0.29) is 18.5 Å². The predicted octanol–water partition coefficient (Wildman–Crippen LogP) is 5.11. The van der Waals surface area contributed by atoms with E-state index in [1.54, 1.807) is 13.8 Å². The number of hydrogen-bond acceptors (Lipinski definition) is 5. The highest BCUT2D eigenvalue weighted by Gasteiger charge is 2.48. The third kappa shape index (κ3) is 7.10. The molecule has 0 spiro atoms. The summed E-state index contributed by atoms with van der Waals surface area (Å²) in [7, 11) is 0. The van der Waals surface area contributed by atoms with Gasteiger partial charge in [-0.2, -0.15) is 0 Å². The lowest BCUT2D eigenvalue weighted by Crippen LogP contribution is -2.47. The molecule has 0 aliphatic heterocycles. The molecule has 0 fully saturated rings. The van der Waals surface area contributed by atoms with E-state index in [0.29, 0.717) is 25.9 Å². The van der Waals surface area contributed by atoms with Crippen LogP contribution in [0.25, 0.3) is 0 Å². The van der Waals surface area contributed by atoms with Crippen LogP contribution >= 0.6 is 0 Å². The number of carbonyl (C=O) groups excluding carboxylic acids is 2. The van der Waals surface area contributed by atoms with Crippen molar-refractivity contribution in [1.29, 1.82) is 0 Å². The maximum absolute atomic E-state index is 12.9. The minimum atomic E-state index is -0.805. The molecule has 0 bridgehead atoms. The second-order valence-corrected chi connectivity index (χ2v) is 6.66. The van der Waals surface area contributed by atoms with Gasteiger partial charge in [0.25, 0.3) is 0 Å². The third-order valence-electron chi connectivity index (χ3n) is 4.09. The molecule has 0 rings (SSSR count). The molecular weight excluding hydrogens is 308 g/mol. The molecule has 2 unspecified atom stereocenters. The van der Waals surface area contributed by atoms with E-state index in [1.165, 1.54) is 0 Å². The first-order valence-electron chi connectivity index (χ1n) is 9.38. The maximum atomic E-state index is 12.9. The van der Waals surface area contributed by atoms with Gasteiger partial charge in [0.15, 0.2) is 0 Å². The first-order chi connectivity index (χ1) is 11.4. The van der Waals surface area contributed by atoms with Gasteiger partial charge in [-0.15, -0.1) is 0 Å². The van der Waals surface area contributed by atoms with Crippen molar-refractivity contribution in [2.45, 2.75) is 86.2 Å². The lowest BCUT2D eigenvalue weighted by atomic mass is 9.70. The van der Waals surface area contributed by atoms with Crippen LogP contribution in [0.3, 0.4) is 0 Å². The van der Waals surface area contributed by atoms with Gasteiger partial charge in [-0.05, 0) is 39.0 Å². The molecule has 0 radical (unpaired) electrons. The highest BCUT2D eigenvalue weighted by molar-refractivity contribution is 5.78. The highest BCUT2D eigenvalue weighted by Crippen LogP contribution is 2.41. The van der Waals surface area contributed by atoms with Crippen LogP contribution in [0.2, 0.25) is 0 Å². The van der Waals surface area contributed by atoms with Crippen molar-refractivity contribution in [3.63, 3.8) is 0 Å². The third-order valence-corrected chi connectivity index (χ3v) is 4.09. The van der Waals surface area contributed by atoms with Crippen LogP contribution in [0, 0.1) is 11.3 Å². The topological polar surface area (TPSA) is 61.8 Å². The molecule has 5 heteroatoms. The van der Waals surface area contributed by atoms with Gasteiger partial charge in [-0.1, -0.05) is 47.0 Å². The molecule has 0 heterocycles. The van der Waals surface area contributed by atoms with Crippen molar-refractivity contribution in [2.75, 3.05) is 13.2 Å². The van der Waals surface area contributed by atoms with Gasteiger partial charge in [0.05, 0.1) is 13.2 Å². The molecular formula is C19H36O5. The fourth-order valence-corrected chi connectivity index (χ4v) is 3.27. The SMILES string of the molecule is CCCCC(OC(=O)OCC)C(CCC)(CC(C)C)C(=O)OCC. The highest BCUT2D eigenvalue weighted by atomic mass is 16.7. The molecule has 0 aromatic carbocycles. The predicted molar refractivity (Wildman–Crippen MR) is 94.8 cm³/mol. The zero-order valence-corrected chi connectivity index (χ0v) is 16.4. The zero-order valence-electron chi connectivity index (χ0n) is 16.4. The second kappa shape index (κ2) is 12.2. The summed E-state index contributed by atoms with van der Waals surface area (Å²) in [5, 5.41) is 0. The first kappa shape index (κ1) is 22.7. The zero-order chi connectivity index (χ0) is 18.6. The molecule has 142 valence electrons. The summed E-state index contributed by atoms with van der Waals surface area (Å²) in [6.45, 7) is 12.4. The van der Waals surface area contributed by atoms with Crippen LogP contribution in [-0.4, -0.2) is 31.4 Å². The Hall–Kier alpha value is -1.26. The molecule has 0 aromatic heterocycles. The van der Waals surface area contributed by atoms with E-state index in [4.69, 9.17) is 14.2 Å². The van der Waals surface area contributed by atoms with Gasteiger partial charge in [-0.25, -0.2) is 4.79 Å². The van der Waals surface area contributed by atoms with Crippen molar-refractivity contribution in [2.24, 2.45) is 11.3 Å². The molecule has 2 atom stereocenters. The maximum Gasteiger partial charge on any atom is 0.508 e. The van der Waals surface area contributed by atoms with Crippen molar-refractivity contribution >= 4 is 12.1 Å². The Balaban J connectivity index is 5.70. The summed E-state index contributed by atoms with van der Waals surface area (Å²) in [5.74, 6) is 0.0295. The van der Waals surface area contributed by atoms with Crippen LogP contribution in [0.1, 0.15) is 80.1 Å². The fourth-order valence-electron chi connectivity index (χ4n) is 3.27. The summed E-state index contributed by atoms with van der Waals surface area (Å²) in [6, 6.07) is 0. The average Bonchev–Trinajstić information content (AvgIpc) is 2.50. The molecule has 0 N–H and O–H groups in total. The number of esters is 1. The molecule has 0 aliphatic rings. The number of hydrogen-bond donors (Lipinski definition) is 0. The van der Waals surface area contributed by atoms with E-state index in [9.17, 15) is 9.59 Å². The summed E-state index contributed by atoms with van der Waals surface area (Å²) in [5.41, 5.74) is -0.805. The van der Waals surface area contributed by atoms with Crippen LogP contribution in [-0.2, 0) is 19.0 Å². The minimum Gasteiger partial charge on any atom is -0.465 e. The van der Waals surface area contributed by atoms with Crippen molar-refractivity contribution in [1.82, 2.24) is 0 Å². The lowest BCUT2D eigenvalue weighted by Gasteiger charge is -2.39. The lowest BCUT2D eigenvalue weighted by molar-refractivity contribution is -0.167. The van der Waals surface area contributed by atoms with Gasteiger partial charge in [0, 0.05) is 0 Å². The first-order valence-corrected chi connectivity index (χ1v) is 9.38. The van der Waals surface area contributed by atoms with Crippen molar-refractivity contribution in [3.8, 4) is 0 Å². The van der Waals surface area contributed by atoms with Crippen molar-refractivity contribution in [3.05, 3.63) is 0 Å². The Kier molecular flexibility index (Phi) is 11.5. The van der Waals surface area contributed by atoms with Crippen LogP contribution in [0.15, 0.2) is 0 Å². The fraction of sp³-hybridized carbons (Fsp3) is 0.895. The molecule has 0 saturated heterocycles. The summed E-state index contributed by atoms with van der Waals surface area (Å²) < 4.78 is 16.0. The summed E-state index contributed by atoms with van der Waals surface area (Å²) in [6.07, 6.45) is 3.36. The molecule has 0 saturated carbocycles. The molecule has 0 aromatic rings. The van der Waals surface area contributed by atoms with E-state index in [0.717, 1.165) is 19.3 Å². The Labute approximate surface area is 147 Å². The standard InChI is InChI=1S/C19H36O5/c1-7-11-12-16(24-18(21)23-10-4)19(13-8-2,14-15(5)6)17(20)22-9-3/h15-16H,7-14H2,1-6H3. The quantitative estimate of drug-likeness (QED) is 0.460. The Bertz CT molecular complexity index is 367. The van der Waals surface area contributed by atoms with Crippen molar-refractivity contribution < 1.29 is 23.8 Å². The van der Waals surface area contributed by atoms with E-state index < -0.39 is 17.7 Å².